The minimum atomic E-state index is -0.451. The maximum absolute atomic E-state index is 12.7. The van der Waals surface area contributed by atoms with Crippen LogP contribution in [0.2, 0.25) is 0 Å². The molecule has 0 saturated carbocycles. The molecule has 0 radical (unpaired) electrons. The van der Waals surface area contributed by atoms with Crippen LogP contribution in [0.4, 0.5) is 4.39 Å². The summed E-state index contributed by atoms with van der Waals surface area (Å²) >= 11 is 0. The van der Waals surface area contributed by atoms with Crippen molar-refractivity contribution in [1.82, 2.24) is 5.43 Å². The molecule has 5 heteroatoms. The van der Waals surface area contributed by atoms with Crippen molar-refractivity contribution in [2.75, 3.05) is 0 Å². The van der Waals surface area contributed by atoms with Gasteiger partial charge in [-0.05, 0) is 48.9 Å². The van der Waals surface area contributed by atoms with Gasteiger partial charge in [0.15, 0.2) is 0 Å². The number of benzene rings is 2. The van der Waals surface area contributed by atoms with Crippen LogP contribution < -0.4 is 5.43 Å². The van der Waals surface area contributed by atoms with Crippen LogP contribution in [0.25, 0.3) is 0 Å². The topological polar surface area (TPSA) is 61.7 Å². The van der Waals surface area contributed by atoms with Crippen molar-refractivity contribution in [3.63, 3.8) is 0 Å². The Balaban J connectivity index is 2.02. The van der Waals surface area contributed by atoms with Gasteiger partial charge in [-0.15, -0.1) is 0 Å². The highest BCUT2D eigenvalue weighted by Crippen LogP contribution is 2.16. The maximum atomic E-state index is 12.7. The lowest BCUT2D eigenvalue weighted by Gasteiger charge is -2.01. The molecule has 0 unspecified atom stereocenters. The van der Waals surface area contributed by atoms with E-state index in [1.165, 1.54) is 30.5 Å². The largest absolute Gasteiger partial charge is 0.507 e. The molecule has 0 aliphatic rings. The molecule has 0 aliphatic heterocycles. The highest BCUT2D eigenvalue weighted by atomic mass is 19.1. The number of carbonyl (C=O) groups is 1. The van der Waals surface area contributed by atoms with Crippen LogP contribution in [-0.2, 0) is 0 Å². The van der Waals surface area contributed by atoms with Gasteiger partial charge in [0, 0.05) is 11.1 Å². The second-order valence-corrected chi connectivity index (χ2v) is 4.27. The Morgan fingerprint density at radius 3 is 2.60 bits per heavy atom. The van der Waals surface area contributed by atoms with Crippen molar-refractivity contribution < 1.29 is 14.3 Å². The van der Waals surface area contributed by atoms with Gasteiger partial charge in [0.2, 0.25) is 0 Å². The predicted molar refractivity (Wildman–Crippen MR) is 74.3 cm³/mol. The van der Waals surface area contributed by atoms with Crippen molar-refractivity contribution >= 4 is 12.1 Å². The Hall–Kier alpha value is -2.69. The number of aryl methyl sites for hydroxylation is 1. The van der Waals surface area contributed by atoms with E-state index in [9.17, 15) is 14.3 Å². The lowest BCUT2D eigenvalue weighted by molar-refractivity contribution is 0.0955. The highest BCUT2D eigenvalue weighted by Gasteiger charge is 2.04. The molecule has 2 N–H and O–H groups in total. The first-order valence-electron chi connectivity index (χ1n) is 5.95. The van der Waals surface area contributed by atoms with Crippen LogP contribution in [0.3, 0.4) is 0 Å². The van der Waals surface area contributed by atoms with Crippen LogP contribution in [-0.4, -0.2) is 17.2 Å². The molecule has 20 heavy (non-hydrogen) atoms. The third-order valence-electron chi connectivity index (χ3n) is 2.66. The lowest BCUT2D eigenvalue weighted by Crippen LogP contribution is -2.17. The minimum absolute atomic E-state index is 0.0878. The molecule has 2 aromatic carbocycles. The first-order chi connectivity index (χ1) is 9.56. The highest BCUT2D eigenvalue weighted by molar-refractivity contribution is 5.95. The van der Waals surface area contributed by atoms with Crippen molar-refractivity contribution in [3.8, 4) is 5.75 Å². The summed E-state index contributed by atoms with van der Waals surface area (Å²) in [6, 6.07) is 10.2. The van der Waals surface area contributed by atoms with Crippen LogP contribution in [0, 0.1) is 12.7 Å². The van der Waals surface area contributed by atoms with E-state index in [1.54, 1.807) is 12.1 Å². The van der Waals surface area contributed by atoms with Gasteiger partial charge in [-0.1, -0.05) is 6.07 Å². The number of phenolic OH excluding ortho intramolecular Hbond substituents is 1. The van der Waals surface area contributed by atoms with E-state index in [-0.39, 0.29) is 5.75 Å². The number of nitrogens with zero attached hydrogens (tertiary/aromatic N) is 1. The Labute approximate surface area is 115 Å². The fourth-order valence-corrected chi connectivity index (χ4v) is 1.59. The number of hydrogen-bond donors (Lipinski definition) is 2. The molecule has 0 saturated heterocycles. The lowest BCUT2D eigenvalue weighted by atomic mass is 10.1. The van der Waals surface area contributed by atoms with E-state index >= 15 is 0 Å². The molecule has 0 spiro atoms. The van der Waals surface area contributed by atoms with Crippen molar-refractivity contribution in [1.29, 1.82) is 0 Å². The van der Waals surface area contributed by atoms with Crippen molar-refractivity contribution in [2.24, 2.45) is 5.10 Å². The molecule has 0 heterocycles. The molecule has 2 rings (SSSR count). The Kier molecular flexibility index (Phi) is 4.10. The molecule has 2 aromatic rings. The van der Waals surface area contributed by atoms with Gasteiger partial charge in [-0.3, -0.25) is 4.79 Å². The Morgan fingerprint density at radius 2 is 1.95 bits per heavy atom. The second-order valence-electron chi connectivity index (χ2n) is 4.27. The van der Waals surface area contributed by atoms with Crippen molar-refractivity contribution in [2.45, 2.75) is 6.92 Å². The average Bonchev–Trinajstić information content (AvgIpc) is 2.42. The molecule has 0 fully saturated rings. The molecule has 102 valence electrons. The number of rotatable bonds is 3. The molecule has 0 aliphatic carbocycles. The normalized spacial score (nSPS) is 10.7. The zero-order valence-corrected chi connectivity index (χ0v) is 10.8. The van der Waals surface area contributed by atoms with E-state index in [4.69, 9.17) is 0 Å². The van der Waals surface area contributed by atoms with E-state index in [1.807, 2.05) is 13.0 Å². The molecular formula is C15H13FN2O2. The van der Waals surface area contributed by atoms with E-state index in [0.29, 0.717) is 11.1 Å². The van der Waals surface area contributed by atoms with E-state index in [2.05, 4.69) is 10.5 Å². The van der Waals surface area contributed by atoms with E-state index < -0.39 is 11.7 Å². The summed E-state index contributed by atoms with van der Waals surface area (Å²) in [6.07, 6.45) is 1.34. The summed E-state index contributed by atoms with van der Waals surface area (Å²) in [6.45, 7) is 1.86. The first kappa shape index (κ1) is 13.7. The molecule has 0 bridgehead atoms. The van der Waals surface area contributed by atoms with Gasteiger partial charge in [0.25, 0.3) is 5.91 Å². The number of carbonyl (C=O) groups excluding carboxylic acids is 1. The van der Waals surface area contributed by atoms with Gasteiger partial charge in [-0.2, -0.15) is 5.10 Å². The quantitative estimate of drug-likeness (QED) is 0.666. The third-order valence-corrected chi connectivity index (χ3v) is 2.66. The zero-order chi connectivity index (χ0) is 14.5. The van der Waals surface area contributed by atoms with Gasteiger partial charge < -0.3 is 5.11 Å². The Morgan fingerprint density at radius 1 is 1.25 bits per heavy atom. The van der Waals surface area contributed by atoms with Gasteiger partial charge >= 0.3 is 0 Å². The molecule has 4 nitrogen and oxygen atoms in total. The molecule has 0 atom stereocenters. The van der Waals surface area contributed by atoms with Crippen molar-refractivity contribution in [3.05, 3.63) is 65.0 Å². The van der Waals surface area contributed by atoms with Crippen LogP contribution in [0.5, 0.6) is 5.75 Å². The summed E-state index contributed by atoms with van der Waals surface area (Å²) in [5.74, 6) is -0.771. The summed E-state index contributed by atoms with van der Waals surface area (Å²) < 4.78 is 12.7. The average molecular weight is 272 g/mol. The standard InChI is InChI=1S/C15H13FN2O2/c1-10-2-3-12(14(19)8-10)9-17-18-15(20)11-4-6-13(16)7-5-11/h2-9,19H,1H3,(H,18,20)/b17-9+. The van der Waals surface area contributed by atoms with Gasteiger partial charge in [-0.25, -0.2) is 9.82 Å². The van der Waals surface area contributed by atoms with Gasteiger partial charge in [0.1, 0.15) is 11.6 Å². The number of aromatic hydroxyl groups is 1. The SMILES string of the molecule is Cc1ccc(/C=N/NC(=O)c2ccc(F)cc2)c(O)c1. The zero-order valence-electron chi connectivity index (χ0n) is 10.8. The number of halogens is 1. The summed E-state index contributed by atoms with van der Waals surface area (Å²) in [5.41, 5.74) is 4.03. The minimum Gasteiger partial charge on any atom is -0.507 e. The fraction of sp³-hybridized carbons (Fsp3) is 0.0667. The fourth-order valence-electron chi connectivity index (χ4n) is 1.59. The monoisotopic (exact) mass is 272 g/mol. The number of nitrogens with one attached hydrogen (secondary N) is 1. The van der Waals surface area contributed by atoms with Crippen LogP contribution >= 0.6 is 0 Å². The molecular weight excluding hydrogens is 259 g/mol. The first-order valence-corrected chi connectivity index (χ1v) is 5.95. The molecule has 1 amide bonds. The van der Waals surface area contributed by atoms with Crippen LogP contribution in [0.1, 0.15) is 21.5 Å². The summed E-state index contributed by atoms with van der Waals surface area (Å²) in [7, 11) is 0. The smallest absolute Gasteiger partial charge is 0.271 e. The molecule has 0 aromatic heterocycles. The second kappa shape index (κ2) is 5.97. The number of amides is 1. The number of hydrazone groups is 1. The number of hydrogen-bond acceptors (Lipinski definition) is 3. The summed E-state index contributed by atoms with van der Waals surface area (Å²) in [5, 5.41) is 13.4. The third kappa shape index (κ3) is 3.41. The maximum Gasteiger partial charge on any atom is 0.271 e. The Bertz CT molecular complexity index is 651. The predicted octanol–water partition coefficient (Wildman–Crippen LogP) is 2.60. The van der Waals surface area contributed by atoms with E-state index in [0.717, 1.165) is 5.56 Å². The summed E-state index contributed by atoms with van der Waals surface area (Å²) in [4.78, 5) is 11.7. The van der Waals surface area contributed by atoms with Crippen LogP contribution in [0.15, 0.2) is 47.6 Å². The van der Waals surface area contributed by atoms with Gasteiger partial charge in [0.05, 0.1) is 6.21 Å². The number of phenols is 1.